The Morgan fingerprint density at radius 1 is 1.17 bits per heavy atom. The lowest BCUT2D eigenvalue weighted by molar-refractivity contribution is 0.0297. The summed E-state index contributed by atoms with van der Waals surface area (Å²) >= 11 is 0. The summed E-state index contributed by atoms with van der Waals surface area (Å²) in [4.78, 5) is 30.1. The van der Waals surface area contributed by atoms with Crippen LogP contribution < -0.4 is 21.1 Å². The summed E-state index contributed by atoms with van der Waals surface area (Å²) in [5.74, 6) is 0.428. The highest BCUT2D eigenvalue weighted by atomic mass is 16.5. The number of hydrogen-bond acceptors (Lipinski definition) is 12. The minimum atomic E-state index is -0.814. The van der Waals surface area contributed by atoms with Crippen LogP contribution in [0.4, 0.5) is 22.0 Å². The van der Waals surface area contributed by atoms with Gasteiger partial charge < -0.3 is 29.8 Å². The minimum Gasteiger partial charge on any atom is -0.494 e. The zero-order valence-electron chi connectivity index (χ0n) is 19.1. The van der Waals surface area contributed by atoms with E-state index in [2.05, 4.69) is 40.6 Å². The number of aromatic nitrogens is 4. The molecule has 1 aliphatic rings. The summed E-state index contributed by atoms with van der Waals surface area (Å²) < 4.78 is 21.0. The zero-order valence-corrected chi connectivity index (χ0v) is 19.1. The summed E-state index contributed by atoms with van der Waals surface area (Å²) in [5, 5.41) is 17.1. The van der Waals surface area contributed by atoms with Crippen LogP contribution in [0, 0.1) is 0 Å². The summed E-state index contributed by atoms with van der Waals surface area (Å²) in [5.41, 5.74) is 6.52. The third-order valence-corrected chi connectivity index (χ3v) is 5.10. The van der Waals surface area contributed by atoms with Gasteiger partial charge in [-0.05, 0) is 12.1 Å². The van der Waals surface area contributed by atoms with Gasteiger partial charge in [-0.15, -0.1) is 10.2 Å². The lowest BCUT2D eigenvalue weighted by atomic mass is 10.1. The number of nitrogens with one attached hydrogen (secondary N) is 2. The first kappa shape index (κ1) is 23.8. The molecule has 184 valence electrons. The molecule has 1 fully saturated rings. The number of rotatable bonds is 8. The smallest absolute Gasteiger partial charge is 0.412 e. The number of morpholine rings is 1. The Morgan fingerprint density at radius 2 is 1.97 bits per heavy atom. The van der Waals surface area contributed by atoms with Crippen LogP contribution in [-0.4, -0.2) is 77.8 Å². The van der Waals surface area contributed by atoms with Gasteiger partial charge in [0.05, 0.1) is 50.9 Å². The number of ether oxygens (including phenoxy) is 3. The lowest BCUT2D eigenvalue weighted by Gasteiger charge is -2.24. The fourth-order valence-corrected chi connectivity index (χ4v) is 3.44. The number of amides is 2. The van der Waals surface area contributed by atoms with Gasteiger partial charge >= 0.3 is 6.09 Å². The van der Waals surface area contributed by atoms with Crippen molar-refractivity contribution in [1.82, 2.24) is 25.2 Å². The van der Waals surface area contributed by atoms with E-state index in [0.29, 0.717) is 48.5 Å². The molecule has 0 aliphatic carbocycles. The molecule has 4 N–H and O–H groups in total. The van der Waals surface area contributed by atoms with Crippen molar-refractivity contribution in [2.24, 2.45) is 5.73 Å². The van der Waals surface area contributed by atoms with Crippen LogP contribution in [0.25, 0.3) is 11.4 Å². The molecular formula is C21H24N8O6. The monoisotopic (exact) mass is 484 g/mol. The maximum Gasteiger partial charge on any atom is 0.412 e. The average molecular weight is 484 g/mol. The van der Waals surface area contributed by atoms with E-state index in [1.54, 1.807) is 18.2 Å². The standard InChI is InChI=1S/C21H24N8O6/c1-32-18-12(20-25-16(35-28-20)11-29-6-8-34-9-7-29)4-3-5-13(18)23-14-10-15(24-21(31)33-2)26-27-17(14)19(22)30/h3-5,10H,6-9,11H2,1-2H3,(H2,22,30)(H2,23,24,26,31). The summed E-state index contributed by atoms with van der Waals surface area (Å²) in [6.07, 6.45) is -0.748. The van der Waals surface area contributed by atoms with E-state index in [9.17, 15) is 9.59 Å². The van der Waals surface area contributed by atoms with Gasteiger partial charge in [-0.25, -0.2) is 4.79 Å². The second-order valence-electron chi connectivity index (χ2n) is 7.38. The highest BCUT2D eigenvalue weighted by Crippen LogP contribution is 2.37. The van der Waals surface area contributed by atoms with Crippen molar-refractivity contribution < 1.29 is 28.3 Å². The van der Waals surface area contributed by atoms with Crippen LogP contribution in [0.1, 0.15) is 16.4 Å². The molecular weight excluding hydrogens is 460 g/mol. The molecule has 3 heterocycles. The normalized spacial score (nSPS) is 13.8. The lowest BCUT2D eigenvalue weighted by Crippen LogP contribution is -2.35. The number of benzene rings is 1. The van der Waals surface area contributed by atoms with Crippen molar-refractivity contribution in [3.05, 3.63) is 35.9 Å². The third kappa shape index (κ3) is 5.62. The first-order valence-electron chi connectivity index (χ1n) is 10.6. The highest BCUT2D eigenvalue weighted by molar-refractivity contribution is 5.98. The molecule has 1 aliphatic heterocycles. The molecule has 14 nitrogen and oxygen atoms in total. The van der Waals surface area contributed by atoms with Gasteiger partial charge in [0.15, 0.2) is 17.3 Å². The predicted octanol–water partition coefficient (Wildman–Crippen LogP) is 1.39. The molecule has 3 aromatic rings. The summed E-state index contributed by atoms with van der Waals surface area (Å²) in [6.45, 7) is 3.41. The minimum absolute atomic E-state index is 0.0467. The van der Waals surface area contributed by atoms with Crippen LogP contribution in [0.15, 0.2) is 28.8 Å². The molecule has 0 saturated carbocycles. The molecule has 0 spiro atoms. The van der Waals surface area contributed by atoms with Crippen molar-refractivity contribution in [2.45, 2.75) is 6.54 Å². The van der Waals surface area contributed by atoms with E-state index in [4.69, 9.17) is 19.7 Å². The van der Waals surface area contributed by atoms with Crippen LogP contribution in [0.2, 0.25) is 0 Å². The molecule has 0 atom stereocenters. The number of anilines is 3. The number of para-hydroxylation sites is 1. The highest BCUT2D eigenvalue weighted by Gasteiger charge is 2.21. The molecule has 4 rings (SSSR count). The Bertz CT molecular complexity index is 1210. The van der Waals surface area contributed by atoms with Gasteiger partial charge in [0.1, 0.15) is 0 Å². The van der Waals surface area contributed by atoms with Crippen molar-refractivity contribution in [3.8, 4) is 17.1 Å². The number of carbonyl (C=O) groups is 2. The van der Waals surface area contributed by atoms with Gasteiger partial charge in [0.25, 0.3) is 5.91 Å². The van der Waals surface area contributed by atoms with Gasteiger partial charge in [0.2, 0.25) is 11.7 Å². The van der Waals surface area contributed by atoms with E-state index in [1.165, 1.54) is 20.3 Å². The second-order valence-corrected chi connectivity index (χ2v) is 7.38. The van der Waals surface area contributed by atoms with Crippen LogP contribution in [-0.2, 0) is 16.0 Å². The van der Waals surface area contributed by atoms with Crippen LogP contribution in [0.3, 0.4) is 0 Å². The fourth-order valence-electron chi connectivity index (χ4n) is 3.44. The van der Waals surface area contributed by atoms with Crippen molar-refractivity contribution in [1.29, 1.82) is 0 Å². The van der Waals surface area contributed by atoms with Crippen LogP contribution in [0.5, 0.6) is 5.75 Å². The quantitative estimate of drug-likeness (QED) is 0.419. The summed E-state index contributed by atoms with van der Waals surface area (Å²) in [7, 11) is 2.70. The number of methoxy groups -OCH3 is 2. The Balaban J connectivity index is 1.62. The summed E-state index contributed by atoms with van der Waals surface area (Å²) in [6, 6.07) is 6.64. The average Bonchev–Trinajstić information content (AvgIpc) is 3.32. The van der Waals surface area contributed by atoms with Crippen molar-refractivity contribution in [2.75, 3.05) is 51.2 Å². The Hall–Kier alpha value is -4.30. The second kappa shape index (κ2) is 10.8. The first-order chi connectivity index (χ1) is 17.0. The molecule has 0 unspecified atom stereocenters. The first-order valence-corrected chi connectivity index (χ1v) is 10.6. The number of carbonyl (C=O) groups excluding carboxylic acids is 2. The topological polar surface area (TPSA) is 180 Å². The molecule has 1 saturated heterocycles. The fraction of sp³-hybridized carbons (Fsp3) is 0.333. The molecule has 1 aromatic carbocycles. The Morgan fingerprint density at radius 3 is 2.69 bits per heavy atom. The molecule has 35 heavy (non-hydrogen) atoms. The third-order valence-electron chi connectivity index (χ3n) is 5.10. The SMILES string of the molecule is COC(=O)Nc1cc(Nc2cccc(-c3noc(CN4CCOCC4)n3)c2OC)c(C(N)=O)nn1. The van der Waals surface area contributed by atoms with E-state index in [1.807, 2.05) is 0 Å². The zero-order chi connectivity index (χ0) is 24.8. The van der Waals surface area contributed by atoms with E-state index in [-0.39, 0.29) is 17.2 Å². The number of nitrogens with two attached hydrogens (primary N) is 1. The van der Waals surface area contributed by atoms with Crippen LogP contribution >= 0.6 is 0 Å². The van der Waals surface area contributed by atoms with Crippen molar-refractivity contribution >= 4 is 29.2 Å². The molecule has 14 heteroatoms. The number of hydrogen-bond donors (Lipinski definition) is 3. The Labute approximate surface area is 199 Å². The van der Waals surface area contributed by atoms with E-state index < -0.39 is 12.0 Å². The maximum atomic E-state index is 11.9. The van der Waals surface area contributed by atoms with Crippen molar-refractivity contribution in [3.63, 3.8) is 0 Å². The van der Waals surface area contributed by atoms with Gasteiger partial charge in [-0.3, -0.25) is 15.0 Å². The van der Waals surface area contributed by atoms with Gasteiger partial charge in [-0.1, -0.05) is 11.2 Å². The van der Waals surface area contributed by atoms with E-state index in [0.717, 1.165) is 13.1 Å². The molecule has 0 radical (unpaired) electrons. The van der Waals surface area contributed by atoms with Gasteiger partial charge in [0, 0.05) is 19.2 Å². The number of nitrogens with zero attached hydrogens (tertiary/aromatic N) is 5. The Kier molecular flexibility index (Phi) is 7.32. The predicted molar refractivity (Wildman–Crippen MR) is 122 cm³/mol. The van der Waals surface area contributed by atoms with Gasteiger partial charge in [-0.2, -0.15) is 4.98 Å². The number of primary amides is 1. The molecule has 2 aromatic heterocycles. The van der Waals surface area contributed by atoms with E-state index >= 15 is 0 Å². The molecule has 2 amide bonds. The molecule has 0 bridgehead atoms. The maximum absolute atomic E-state index is 11.9. The largest absolute Gasteiger partial charge is 0.494 e.